The minimum atomic E-state index is 0.0253. The van der Waals surface area contributed by atoms with Gasteiger partial charge in [0.2, 0.25) is 5.91 Å². The molecule has 2 rings (SSSR count). The molecule has 2 N–H and O–H groups in total. The lowest BCUT2D eigenvalue weighted by Crippen LogP contribution is -2.17. The van der Waals surface area contributed by atoms with Crippen LogP contribution in [0.15, 0.2) is 24.3 Å². The summed E-state index contributed by atoms with van der Waals surface area (Å²) in [7, 11) is 0. The highest BCUT2D eigenvalue weighted by atomic mass is 16.3. The molecule has 0 atom stereocenters. The van der Waals surface area contributed by atoms with E-state index in [0.29, 0.717) is 5.69 Å². The third-order valence-electron chi connectivity index (χ3n) is 4.40. The molecule has 17 heavy (non-hydrogen) atoms. The van der Waals surface area contributed by atoms with Gasteiger partial charge in [-0.25, -0.2) is 0 Å². The van der Waals surface area contributed by atoms with E-state index in [-0.39, 0.29) is 28.4 Å². The number of hydrogen-bond acceptors (Lipinski definition) is 2. The Hall–Kier alpha value is -1.51. The molecule has 3 nitrogen and oxygen atoms in total. The number of amides is 1. The van der Waals surface area contributed by atoms with E-state index in [0.717, 1.165) is 0 Å². The minimum Gasteiger partial charge on any atom is -0.508 e. The van der Waals surface area contributed by atoms with Crippen molar-refractivity contribution in [2.75, 3.05) is 5.32 Å². The Morgan fingerprint density at radius 3 is 2.29 bits per heavy atom. The number of nitrogens with one attached hydrogen (secondary N) is 1. The Morgan fingerprint density at radius 1 is 1.24 bits per heavy atom. The maximum Gasteiger partial charge on any atom is 0.228 e. The SMILES string of the molecule is CC1(C)C(C(=O)Nc2cccc(O)c2)C1(C)C. The Labute approximate surface area is 102 Å². The fraction of sp³-hybridized carbons (Fsp3) is 0.500. The van der Waals surface area contributed by atoms with Crippen molar-refractivity contribution >= 4 is 11.6 Å². The van der Waals surface area contributed by atoms with Gasteiger partial charge < -0.3 is 10.4 Å². The Kier molecular flexibility index (Phi) is 2.45. The maximum absolute atomic E-state index is 12.1. The quantitative estimate of drug-likeness (QED) is 0.825. The number of benzene rings is 1. The summed E-state index contributed by atoms with van der Waals surface area (Å²) in [4.78, 5) is 12.1. The van der Waals surface area contributed by atoms with Crippen LogP contribution in [-0.4, -0.2) is 11.0 Å². The predicted molar refractivity (Wildman–Crippen MR) is 67.8 cm³/mol. The number of phenolic OH excluding ortho intramolecular Hbond substituents is 1. The first-order valence-corrected chi connectivity index (χ1v) is 5.87. The summed E-state index contributed by atoms with van der Waals surface area (Å²) >= 11 is 0. The van der Waals surface area contributed by atoms with E-state index in [9.17, 15) is 9.90 Å². The Morgan fingerprint density at radius 2 is 1.82 bits per heavy atom. The van der Waals surface area contributed by atoms with Crippen molar-refractivity contribution in [3.05, 3.63) is 24.3 Å². The van der Waals surface area contributed by atoms with Gasteiger partial charge in [-0.3, -0.25) is 4.79 Å². The second-order valence-electron chi connectivity index (χ2n) is 5.92. The molecule has 1 fully saturated rings. The van der Waals surface area contributed by atoms with Crippen molar-refractivity contribution < 1.29 is 9.90 Å². The van der Waals surface area contributed by atoms with Crippen molar-refractivity contribution in [3.63, 3.8) is 0 Å². The highest BCUT2D eigenvalue weighted by Crippen LogP contribution is 2.68. The maximum atomic E-state index is 12.1. The van der Waals surface area contributed by atoms with E-state index in [4.69, 9.17) is 0 Å². The summed E-state index contributed by atoms with van der Waals surface area (Å²) in [5, 5.41) is 12.2. The van der Waals surface area contributed by atoms with Crippen LogP contribution in [-0.2, 0) is 4.79 Å². The molecule has 0 spiro atoms. The van der Waals surface area contributed by atoms with Gasteiger partial charge in [0, 0.05) is 17.7 Å². The molecule has 1 saturated carbocycles. The minimum absolute atomic E-state index is 0.0253. The van der Waals surface area contributed by atoms with Crippen LogP contribution < -0.4 is 5.32 Å². The number of aromatic hydroxyl groups is 1. The lowest BCUT2D eigenvalue weighted by Gasteiger charge is -2.06. The summed E-state index contributed by atoms with van der Waals surface area (Å²) in [6, 6.07) is 6.63. The van der Waals surface area contributed by atoms with Gasteiger partial charge in [-0.15, -0.1) is 0 Å². The second-order valence-corrected chi connectivity index (χ2v) is 5.92. The first-order valence-electron chi connectivity index (χ1n) is 5.87. The zero-order valence-electron chi connectivity index (χ0n) is 10.7. The normalized spacial score (nSPS) is 20.9. The fourth-order valence-electron chi connectivity index (χ4n) is 2.65. The van der Waals surface area contributed by atoms with Crippen LogP contribution in [0, 0.1) is 16.7 Å². The molecule has 0 aliphatic heterocycles. The van der Waals surface area contributed by atoms with E-state index in [1.165, 1.54) is 0 Å². The first kappa shape index (κ1) is 12.0. The van der Waals surface area contributed by atoms with Crippen molar-refractivity contribution in [2.45, 2.75) is 27.7 Å². The van der Waals surface area contributed by atoms with Gasteiger partial charge in [0.1, 0.15) is 5.75 Å². The van der Waals surface area contributed by atoms with Crippen LogP contribution in [0.3, 0.4) is 0 Å². The zero-order chi connectivity index (χ0) is 12.8. The lowest BCUT2D eigenvalue weighted by atomic mass is 10.0. The van der Waals surface area contributed by atoms with Crippen molar-refractivity contribution in [3.8, 4) is 5.75 Å². The van der Waals surface area contributed by atoms with Gasteiger partial charge in [0.15, 0.2) is 0 Å². The third-order valence-corrected chi connectivity index (χ3v) is 4.40. The molecule has 0 radical (unpaired) electrons. The lowest BCUT2D eigenvalue weighted by molar-refractivity contribution is -0.118. The van der Waals surface area contributed by atoms with Crippen molar-refractivity contribution in [2.24, 2.45) is 16.7 Å². The number of rotatable bonds is 2. The molecule has 1 aromatic rings. The molecule has 1 aliphatic carbocycles. The highest BCUT2D eigenvalue weighted by Gasteiger charge is 2.68. The van der Waals surface area contributed by atoms with Gasteiger partial charge >= 0.3 is 0 Å². The largest absolute Gasteiger partial charge is 0.508 e. The number of carbonyl (C=O) groups excluding carboxylic acids is 1. The van der Waals surface area contributed by atoms with Crippen LogP contribution in [0.1, 0.15) is 27.7 Å². The van der Waals surface area contributed by atoms with Gasteiger partial charge in [0.25, 0.3) is 0 Å². The summed E-state index contributed by atoms with van der Waals surface area (Å²) in [5.41, 5.74) is 0.718. The molecule has 0 aromatic heterocycles. The zero-order valence-corrected chi connectivity index (χ0v) is 10.7. The molecular formula is C14H19NO2. The first-order chi connectivity index (χ1) is 7.76. The van der Waals surface area contributed by atoms with Crippen LogP contribution in [0.25, 0.3) is 0 Å². The third kappa shape index (κ3) is 1.79. The number of hydrogen-bond donors (Lipinski definition) is 2. The predicted octanol–water partition coefficient (Wildman–Crippen LogP) is 3.01. The molecule has 1 amide bonds. The topological polar surface area (TPSA) is 49.3 Å². The monoisotopic (exact) mass is 233 g/mol. The molecule has 1 aromatic carbocycles. The highest BCUT2D eigenvalue weighted by molar-refractivity contribution is 5.96. The van der Waals surface area contributed by atoms with E-state index in [1.807, 2.05) is 0 Å². The number of phenols is 1. The summed E-state index contributed by atoms with van der Waals surface area (Å²) in [5.74, 6) is 0.222. The second kappa shape index (κ2) is 3.49. The number of anilines is 1. The summed E-state index contributed by atoms with van der Waals surface area (Å²) in [6.45, 7) is 8.44. The van der Waals surface area contributed by atoms with Gasteiger partial charge in [0.05, 0.1) is 0 Å². The molecule has 1 aliphatic rings. The van der Waals surface area contributed by atoms with Crippen LogP contribution >= 0.6 is 0 Å². The average molecular weight is 233 g/mol. The molecule has 92 valence electrons. The average Bonchev–Trinajstić information content (AvgIpc) is 2.56. The summed E-state index contributed by atoms with van der Waals surface area (Å²) < 4.78 is 0. The molecule has 0 unspecified atom stereocenters. The van der Waals surface area contributed by atoms with Crippen molar-refractivity contribution in [1.82, 2.24) is 0 Å². The fourth-order valence-corrected chi connectivity index (χ4v) is 2.65. The molecule has 0 heterocycles. The smallest absolute Gasteiger partial charge is 0.228 e. The molecule has 0 bridgehead atoms. The van der Waals surface area contributed by atoms with Crippen molar-refractivity contribution in [1.29, 1.82) is 0 Å². The van der Waals surface area contributed by atoms with Crippen LogP contribution in [0.4, 0.5) is 5.69 Å². The van der Waals surface area contributed by atoms with Crippen LogP contribution in [0.5, 0.6) is 5.75 Å². The Balaban J connectivity index is 2.10. The molecule has 0 saturated heterocycles. The summed E-state index contributed by atoms with van der Waals surface area (Å²) in [6.07, 6.45) is 0. The molecule has 3 heteroatoms. The van der Waals surface area contributed by atoms with E-state index in [1.54, 1.807) is 24.3 Å². The van der Waals surface area contributed by atoms with Gasteiger partial charge in [-0.1, -0.05) is 33.8 Å². The van der Waals surface area contributed by atoms with Gasteiger partial charge in [-0.05, 0) is 23.0 Å². The van der Waals surface area contributed by atoms with E-state index in [2.05, 4.69) is 33.0 Å². The van der Waals surface area contributed by atoms with E-state index >= 15 is 0 Å². The van der Waals surface area contributed by atoms with E-state index < -0.39 is 0 Å². The Bertz CT molecular complexity index is 449. The standard InChI is InChI=1S/C14H19NO2/c1-13(2)11(14(13,3)4)12(17)15-9-6-5-7-10(16)8-9/h5-8,11,16H,1-4H3,(H,15,17). The number of carbonyl (C=O) groups is 1. The van der Waals surface area contributed by atoms with Crippen LogP contribution in [0.2, 0.25) is 0 Å². The molecular weight excluding hydrogens is 214 g/mol. The van der Waals surface area contributed by atoms with Gasteiger partial charge in [-0.2, -0.15) is 0 Å².